The standard InChI is InChI=1S/C18H22O8S2/c1-13-3-7-15(8-4-13)27(21,22)25-11-17(19)18(20)12-26-28(23,24)16-9-5-14(2)6-10-16/h3-10,17-20H,11-12H2,1-2H3/t17-,18-/m0/s1. The summed E-state index contributed by atoms with van der Waals surface area (Å²) in [6.45, 7) is 2.07. The molecule has 8 nitrogen and oxygen atoms in total. The molecule has 2 aromatic rings. The molecule has 2 atom stereocenters. The van der Waals surface area contributed by atoms with E-state index in [2.05, 4.69) is 0 Å². The summed E-state index contributed by atoms with van der Waals surface area (Å²) in [4.78, 5) is -0.198. The molecule has 2 N–H and O–H groups in total. The second-order valence-corrected chi connectivity index (χ2v) is 9.47. The van der Waals surface area contributed by atoms with Crippen LogP contribution in [0.2, 0.25) is 0 Å². The maximum absolute atomic E-state index is 12.1. The van der Waals surface area contributed by atoms with Crippen LogP contribution in [0, 0.1) is 13.8 Å². The van der Waals surface area contributed by atoms with Gasteiger partial charge in [-0.1, -0.05) is 35.4 Å². The minimum Gasteiger partial charge on any atom is -0.388 e. The van der Waals surface area contributed by atoms with Crippen LogP contribution in [-0.4, -0.2) is 52.5 Å². The lowest BCUT2D eigenvalue weighted by Crippen LogP contribution is -2.35. The molecule has 0 aliphatic heterocycles. The van der Waals surface area contributed by atoms with Crippen molar-refractivity contribution in [3.05, 3.63) is 59.7 Å². The number of hydrogen-bond donors (Lipinski definition) is 2. The van der Waals surface area contributed by atoms with E-state index >= 15 is 0 Å². The van der Waals surface area contributed by atoms with Crippen LogP contribution in [0.3, 0.4) is 0 Å². The predicted octanol–water partition coefficient (Wildman–Crippen LogP) is 1.14. The van der Waals surface area contributed by atoms with Crippen molar-refractivity contribution < 1.29 is 35.4 Å². The average molecular weight is 431 g/mol. The van der Waals surface area contributed by atoms with Gasteiger partial charge < -0.3 is 10.2 Å². The highest BCUT2D eigenvalue weighted by Crippen LogP contribution is 2.16. The lowest BCUT2D eigenvalue weighted by Gasteiger charge is -2.17. The van der Waals surface area contributed by atoms with E-state index in [4.69, 9.17) is 8.37 Å². The van der Waals surface area contributed by atoms with Crippen molar-refractivity contribution in [3.63, 3.8) is 0 Å². The van der Waals surface area contributed by atoms with Gasteiger partial charge in [0.1, 0.15) is 12.2 Å². The topological polar surface area (TPSA) is 127 Å². The molecule has 2 aromatic carbocycles. The first-order chi connectivity index (χ1) is 13.0. The quantitative estimate of drug-likeness (QED) is 0.567. The van der Waals surface area contributed by atoms with Crippen molar-refractivity contribution >= 4 is 20.2 Å². The molecule has 0 heterocycles. The monoisotopic (exact) mass is 430 g/mol. The van der Waals surface area contributed by atoms with Crippen molar-refractivity contribution in [2.45, 2.75) is 35.8 Å². The van der Waals surface area contributed by atoms with Crippen LogP contribution >= 0.6 is 0 Å². The zero-order valence-electron chi connectivity index (χ0n) is 15.3. The molecule has 28 heavy (non-hydrogen) atoms. The zero-order valence-corrected chi connectivity index (χ0v) is 17.0. The highest BCUT2D eigenvalue weighted by atomic mass is 32.2. The minimum atomic E-state index is -4.13. The zero-order chi connectivity index (χ0) is 20.9. The Morgan fingerprint density at radius 2 is 0.964 bits per heavy atom. The Morgan fingerprint density at radius 1 is 0.679 bits per heavy atom. The Balaban J connectivity index is 1.91. The van der Waals surface area contributed by atoms with Gasteiger partial charge in [0.2, 0.25) is 0 Å². The number of rotatable bonds is 9. The van der Waals surface area contributed by atoms with E-state index in [1.165, 1.54) is 24.3 Å². The second kappa shape index (κ2) is 9.12. The van der Waals surface area contributed by atoms with Crippen molar-refractivity contribution in [3.8, 4) is 0 Å². The summed E-state index contributed by atoms with van der Waals surface area (Å²) in [5.74, 6) is 0. The molecular weight excluding hydrogens is 408 g/mol. The third-order valence-electron chi connectivity index (χ3n) is 3.85. The van der Waals surface area contributed by atoms with Gasteiger partial charge in [-0.25, -0.2) is 0 Å². The molecule has 0 bridgehead atoms. The van der Waals surface area contributed by atoms with E-state index in [9.17, 15) is 27.0 Å². The molecule has 10 heteroatoms. The van der Waals surface area contributed by atoms with Crippen LogP contribution in [0.4, 0.5) is 0 Å². The number of aryl methyl sites for hydroxylation is 2. The fraction of sp³-hybridized carbons (Fsp3) is 0.333. The van der Waals surface area contributed by atoms with E-state index < -0.39 is 45.7 Å². The lowest BCUT2D eigenvalue weighted by atomic mass is 10.2. The molecule has 0 spiro atoms. The summed E-state index contributed by atoms with van der Waals surface area (Å²) in [5, 5.41) is 19.7. The van der Waals surface area contributed by atoms with Crippen molar-refractivity contribution in [2.24, 2.45) is 0 Å². The van der Waals surface area contributed by atoms with E-state index in [0.29, 0.717) is 0 Å². The highest BCUT2D eigenvalue weighted by molar-refractivity contribution is 7.87. The van der Waals surface area contributed by atoms with Crippen molar-refractivity contribution in [1.82, 2.24) is 0 Å². The SMILES string of the molecule is Cc1ccc(S(=O)(=O)OC[C@H](O)[C@@H](O)COS(=O)(=O)c2ccc(C)cc2)cc1. The summed E-state index contributed by atoms with van der Waals surface area (Å²) >= 11 is 0. The Hall–Kier alpha value is -1.82. The van der Waals surface area contributed by atoms with E-state index in [1.54, 1.807) is 38.1 Å². The van der Waals surface area contributed by atoms with Crippen LogP contribution in [-0.2, 0) is 28.6 Å². The van der Waals surface area contributed by atoms with Crippen LogP contribution in [0.5, 0.6) is 0 Å². The molecule has 0 fully saturated rings. The average Bonchev–Trinajstić information content (AvgIpc) is 2.65. The van der Waals surface area contributed by atoms with E-state index in [-0.39, 0.29) is 9.79 Å². The largest absolute Gasteiger partial charge is 0.388 e. The minimum absolute atomic E-state index is 0.0991. The number of hydrogen-bond acceptors (Lipinski definition) is 8. The molecule has 154 valence electrons. The fourth-order valence-corrected chi connectivity index (χ4v) is 3.93. The van der Waals surface area contributed by atoms with Crippen LogP contribution < -0.4 is 0 Å². The Bertz CT molecular complexity index is 897. The second-order valence-electron chi connectivity index (χ2n) is 6.24. The lowest BCUT2D eigenvalue weighted by molar-refractivity contribution is -0.0267. The van der Waals surface area contributed by atoms with Gasteiger partial charge in [-0.3, -0.25) is 8.37 Å². The van der Waals surface area contributed by atoms with Crippen LogP contribution in [0.25, 0.3) is 0 Å². The summed E-state index contributed by atoms with van der Waals surface area (Å²) in [5.41, 5.74) is 1.72. The van der Waals surface area contributed by atoms with Gasteiger partial charge in [-0.2, -0.15) is 16.8 Å². The first-order valence-electron chi connectivity index (χ1n) is 8.29. The summed E-state index contributed by atoms with van der Waals surface area (Å²) < 4.78 is 57.7. The molecule has 2 rings (SSSR count). The van der Waals surface area contributed by atoms with Crippen LogP contribution in [0.15, 0.2) is 58.3 Å². The smallest absolute Gasteiger partial charge is 0.297 e. The van der Waals surface area contributed by atoms with E-state index in [1.807, 2.05) is 0 Å². The van der Waals surface area contributed by atoms with Crippen molar-refractivity contribution in [1.29, 1.82) is 0 Å². The van der Waals surface area contributed by atoms with Gasteiger partial charge in [0.25, 0.3) is 20.2 Å². The van der Waals surface area contributed by atoms with Gasteiger partial charge in [-0.05, 0) is 38.1 Å². The van der Waals surface area contributed by atoms with Gasteiger partial charge in [0.15, 0.2) is 0 Å². The number of benzene rings is 2. The normalized spacial score (nSPS) is 14.6. The molecule has 0 aromatic heterocycles. The summed E-state index contributed by atoms with van der Waals surface area (Å²) in [6, 6.07) is 11.8. The molecule has 0 aliphatic carbocycles. The van der Waals surface area contributed by atoms with Gasteiger partial charge in [-0.15, -0.1) is 0 Å². The fourth-order valence-electron chi connectivity index (χ4n) is 2.09. The maximum Gasteiger partial charge on any atom is 0.297 e. The predicted molar refractivity (Wildman–Crippen MR) is 101 cm³/mol. The Morgan fingerprint density at radius 3 is 1.25 bits per heavy atom. The van der Waals surface area contributed by atoms with Crippen LogP contribution in [0.1, 0.15) is 11.1 Å². The molecule has 0 radical (unpaired) electrons. The maximum atomic E-state index is 12.1. The Kier molecular flexibility index (Phi) is 7.32. The molecule has 0 unspecified atom stereocenters. The summed E-state index contributed by atoms with van der Waals surface area (Å²) in [7, 11) is -8.25. The first-order valence-corrected chi connectivity index (χ1v) is 11.1. The third kappa shape index (κ3) is 6.09. The number of aliphatic hydroxyl groups excluding tert-OH is 2. The third-order valence-corrected chi connectivity index (χ3v) is 6.44. The molecular formula is C18H22O8S2. The molecule has 0 saturated carbocycles. The molecule has 0 aliphatic rings. The van der Waals surface area contributed by atoms with Gasteiger partial charge >= 0.3 is 0 Å². The van der Waals surface area contributed by atoms with Gasteiger partial charge in [0, 0.05) is 0 Å². The van der Waals surface area contributed by atoms with Crippen molar-refractivity contribution in [2.75, 3.05) is 13.2 Å². The highest BCUT2D eigenvalue weighted by Gasteiger charge is 2.25. The number of aliphatic hydroxyl groups is 2. The molecule has 0 amide bonds. The van der Waals surface area contributed by atoms with E-state index in [0.717, 1.165) is 11.1 Å². The first kappa shape index (κ1) is 22.5. The Labute approximate surface area is 164 Å². The molecule has 0 saturated heterocycles. The van der Waals surface area contributed by atoms with Gasteiger partial charge in [0.05, 0.1) is 23.0 Å². The summed E-state index contributed by atoms with van der Waals surface area (Å²) in [6.07, 6.45) is -3.35.